The Bertz CT molecular complexity index is 1200. The number of benzene rings is 2. The van der Waals surface area contributed by atoms with Crippen LogP contribution in [0.15, 0.2) is 51.9 Å². The van der Waals surface area contributed by atoms with Crippen LogP contribution in [0.2, 0.25) is 0 Å². The Morgan fingerprint density at radius 3 is 2.66 bits per heavy atom. The lowest BCUT2D eigenvalue weighted by atomic mass is 10.1. The number of nitrogens with one attached hydrogen (secondary N) is 1. The fourth-order valence-corrected chi connectivity index (χ4v) is 4.23. The van der Waals surface area contributed by atoms with E-state index in [1.807, 2.05) is 10.6 Å². The first-order valence-corrected chi connectivity index (χ1v) is 10.1. The molecule has 0 spiro atoms. The Labute approximate surface area is 175 Å². The summed E-state index contributed by atoms with van der Waals surface area (Å²) in [5, 5.41) is 3.28. The lowest BCUT2D eigenvalue weighted by Crippen LogP contribution is -2.23. The molecule has 0 aliphatic carbocycles. The molecule has 2 heterocycles. The summed E-state index contributed by atoms with van der Waals surface area (Å²) in [7, 11) is 0. The fraction of sp³-hybridized carbons (Fsp3) is 0.227. The van der Waals surface area contributed by atoms with E-state index in [4.69, 9.17) is 4.74 Å². The van der Waals surface area contributed by atoms with Gasteiger partial charge in [-0.3, -0.25) is 9.59 Å². The van der Waals surface area contributed by atoms with Crippen LogP contribution in [0.25, 0.3) is 10.9 Å². The van der Waals surface area contributed by atoms with Gasteiger partial charge in [-0.25, -0.2) is 4.79 Å². The van der Waals surface area contributed by atoms with Crippen molar-refractivity contribution < 1.29 is 14.3 Å². The number of nitrogens with zero attached hydrogens (tertiary/aromatic N) is 1. The van der Waals surface area contributed by atoms with Crippen molar-refractivity contribution in [2.24, 2.45) is 0 Å². The second-order valence-corrected chi connectivity index (χ2v) is 7.96. The van der Waals surface area contributed by atoms with Gasteiger partial charge in [-0.15, -0.1) is 0 Å². The van der Waals surface area contributed by atoms with Crippen LogP contribution in [0.5, 0.6) is 0 Å². The Morgan fingerprint density at radius 1 is 1.24 bits per heavy atom. The molecular formula is C22H19BrN2O4. The molecule has 29 heavy (non-hydrogen) atoms. The Balaban J connectivity index is 1.67. The van der Waals surface area contributed by atoms with Crippen molar-refractivity contribution >= 4 is 44.4 Å². The van der Waals surface area contributed by atoms with Gasteiger partial charge in [0.2, 0.25) is 5.43 Å². The first kappa shape index (κ1) is 19.4. The smallest absolute Gasteiger partial charge is 0.338 e. The van der Waals surface area contributed by atoms with E-state index in [1.54, 1.807) is 43.5 Å². The zero-order chi connectivity index (χ0) is 20.7. The molecule has 1 aliphatic rings. The summed E-state index contributed by atoms with van der Waals surface area (Å²) in [6.07, 6.45) is 2.46. The molecule has 0 saturated carbocycles. The monoisotopic (exact) mass is 454 g/mol. The molecule has 1 atom stereocenters. The van der Waals surface area contributed by atoms with E-state index in [9.17, 15) is 14.4 Å². The van der Waals surface area contributed by atoms with E-state index in [1.165, 1.54) is 0 Å². The topological polar surface area (TPSA) is 77.4 Å². The number of carbonyl (C=O) groups excluding carboxylic acids is 2. The van der Waals surface area contributed by atoms with Crippen LogP contribution in [0.1, 0.15) is 46.2 Å². The number of carbonyl (C=O) groups is 2. The van der Waals surface area contributed by atoms with Gasteiger partial charge in [-0.1, -0.05) is 15.9 Å². The molecule has 0 fully saturated rings. The maximum absolute atomic E-state index is 13.0. The van der Waals surface area contributed by atoms with E-state index >= 15 is 0 Å². The number of rotatable bonds is 4. The largest absolute Gasteiger partial charge is 0.462 e. The second-order valence-electron chi connectivity index (χ2n) is 7.05. The van der Waals surface area contributed by atoms with Crippen molar-refractivity contribution in [2.75, 3.05) is 11.9 Å². The van der Waals surface area contributed by atoms with Crippen LogP contribution >= 0.6 is 15.9 Å². The number of aromatic nitrogens is 1. The minimum atomic E-state index is -0.481. The molecule has 7 heteroatoms. The number of anilines is 1. The predicted molar refractivity (Wildman–Crippen MR) is 115 cm³/mol. The minimum Gasteiger partial charge on any atom is -0.462 e. The van der Waals surface area contributed by atoms with E-state index in [0.717, 1.165) is 22.0 Å². The molecule has 1 N–H and O–H groups in total. The Hall–Kier alpha value is -2.93. The number of hydrogen-bond acceptors (Lipinski definition) is 4. The number of amides is 1. The maximum Gasteiger partial charge on any atom is 0.338 e. The predicted octanol–water partition coefficient (Wildman–Crippen LogP) is 4.31. The highest BCUT2D eigenvalue weighted by molar-refractivity contribution is 9.10. The molecule has 1 amide bonds. The quantitative estimate of drug-likeness (QED) is 0.595. The van der Waals surface area contributed by atoms with Crippen molar-refractivity contribution in [3.05, 3.63) is 74.0 Å². The third-order valence-corrected chi connectivity index (χ3v) is 5.52. The van der Waals surface area contributed by atoms with Crippen LogP contribution < -0.4 is 10.7 Å². The highest BCUT2D eigenvalue weighted by Gasteiger charge is 2.25. The van der Waals surface area contributed by atoms with Gasteiger partial charge in [-0.05, 0) is 62.2 Å². The van der Waals surface area contributed by atoms with Gasteiger partial charge in [0.05, 0.1) is 17.7 Å². The summed E-state index contributed by atoms with van der Waals surface area (Å²) in [6, 6.07) is 10.3. The highest BCUT2D eigenvalue weighted by Crippen LogP contribution is 2.33. The lowest BCUT2D eigenvalue weighted by molar-refractivity contribution is 0.0526. The third kappa shape index (κ3) is 3.46. The van der Waals surface area contributed by atoms with Gasteiger partial charge >= 0.3 is 5.97 Å². The van der Waals surface area contributed by atoms with Crippen molar-refractivity contribution in [3.63, 3.8) is 0 Å². The van der Waals surface area contributed by atoms with Gasteiger partial charge in [-0.2, -0.15) is 0 Å². The number of hydrogen-bond donors (Lipinski definition) is 1. The fourth-order valence-electron chi connectivity index (χ4n) is 3.73. The highest BCUT2D eigenvalue weighted by atomic mass is 79.9. The third-order valence-electron chi connectivity index (χ3n) is 5.06. The number of ether oxygens (including phenoxy) is 1. The standard InChI is InChI=1S/C22H19BrN2O4/c1-3-29-22(28)13-4-6-16(7-5-13)24-21(27)18-11-25-12(2)8-14-9-15(23)10-17(19(14)25)20(18)26/h4-7,9-12H,3,8H2,1-2H3,(H,24,27)/t12-/m0/s1. The van der Waals surface area contributed by atoms with E-state index in [2.05, 4.69) is 28.2 Å². The summed E-state index contributed by atoms with van der Waals surface area (Å²) in [5.74, 6) is -0.901. The first-order chi connectivity index (χ1) is 13.9. The summed E-state index contributed by atoms with van der Waals surface area (Å²) < 4.78 is 7.77. The molecule has 4 rings (SSSR count). The average Bonchev–Trinajstić information content (AvgIpc) is 3.00. The number of pyridine rings is 1. The van der Waals surface area contributed by atoms with Crippen molar-refractivity contribution in [1.29, 1.82) is 0 Å². The summed E-state index contributed by atoms with van der Waals surface area (Å²) in [4.78, 5) is 37.6. The Morgan fingerprint density at radius 2 is 1.97 bits per heavy atom. The minimum absolute atomic E-state index is 0.0877. The summed E-state index contributed by atoms with van der Waals surface area (Å²) >= 11 is 3.46. The molecule has 0 unspecified atom stereocenters. The molecule has 6 nitrogen and oxygen atoms in total. The van der Waals surface area contributed by atoms with Crippen molar-refractivity contribution in [2.45, 2.75) is 26.3 Å². The number of halogens is 1. The molecule has 148 valence electrons. The molecular weight excluding hydrogens is 436 g/mol. The van der Waals surface area contributed by atoms with Crippen LogP contribution in [0.4, 0.5) is 5.69 Å². The van der Waals surface area contributed by atoms with E-state index in [0.29, 0.717) is 23.2 Å². The molecule has 2 aromatic carbocycles. The maximum atomic E-state index is 13.0. The Kier molecular flexibility index (Phi) is 5.00. The molecule has 0 radical (unpaired) electrons. The first-order valence-electron chi connectivity index (χ1n) is 9.35. The van der Waals surface area contributed by atoms with Gasteiger partial charge in [0.25, 0.3) is 5.91 Å². The second kappa shape index (κ2) is 7.48. The molecule has 3 aromatic rings. The van der Waals surface area contributed by atoms with Crippen LogP contribution in [0, 0.1) is 0 Å². The SMILES string of the molecule is CCOC(=O)c1ccc(NC(=O)c2cn3c4c(cc(Br)cc4c2=O)C[C@@H]3C)cc1. The lowest BCUT2D eigenvalue weighted by Gasteiger charge is -2.13. The zero-order valence-electron chi connectivity index (χ0n) is 16.0. The molecule has 0 bridgehead atoms. The van der Waals surface area contributed by atoms with Gasteiger partial charge in [0, 0.05) is 27.8 Å². The molecule has 0 saturated heterocycles. The normalized spacial score (nSPS) is 14.8. The van der Waals surface area contributed by atoms with Crippen LogP contribution in [0.3, 0.4) is 0 Å². The van der Waals surface area contributed by atoms with Gasteiger partial charge in [0.15, 0.2) is 0 Å². The van der Waals surface area contributed by atoms with E-state index in [-0.39, 0.29) is 17.0 Å². The van der Waals surface area contributed by atoms with Crippen molar-refractivity contribution in [3.8, 4) is 0 Å². The van der Waals surface area contributed by atoms with Crippen molar-refractivity contribution in [1.82, 2.24) is 4.57 Å². The molecule has 1 aromatic heterocycles. The van der Waals surface area contributed by atoms with Crippen LogP contribution in [-0.2, 0) is 11.2 Å². The van der Waals surface area contributed by atoms with Gasteiger partial charge < -0.3 is 14.6 Å². The zero-order valence-corrected chi connectivity index (χ0v) is 17.6. The summed E-state index contributed by atoms with van der Waals surface area (Å²) in [6.45, 7) is 4.09. The van der Waals surface area contributed by atoms with Gasteiger partial charge in [0.1, 0.15) is 5.56 Å². The van der Waals surface area contributed by atoms with Crippen LogP contribution in [-0.4, -0.2) is 23.1 Å². The molecule has 1 aliphatic heterocycles. The average molecular weight is 455 g/mol. The summed E-state index contributed by atoms with van der Waals surface area (Å²) in [5.41, 5.74) is 2.67. The number of esters is 1. The van der Waals surface area contributed by atoms with E-state index < -0.39 is 11.9 Å².